The van der Waals surface area contributed by atoms with Gasteiger partial charge >= 0.3 is 6.09 Å². The second-order valence-electron chi connectivity index (χ2n) is 14.1. The van der Waals surface area contributed by atoms with Crippen molar-refractivity contribution in [2.45, 2.75) is 175 Å². The number of Topliss-reactive ketones (excluding diaryl/α,β-unsaturated/α-hetero) is 2. The first kappa shape index (κ1) is 44.7. The van der Waals surface area contributed by atoms with Gasteiger partial charge in [-0.3, -0.25) is 19.2 Å². The number of nitrogens with one attached hydrogen (secondary N) is 3. The molecular weight excluding hydrogens is 594 g/mol. The number of carbonyl (C=O) groups excluding carboxylic acids is 5. The molecule has 0 aromatic carbocycles. The van der Waals surface area contributed by atoms with Crippen molar-refractivity contribution < 1.29 is 28.7 Å². The third kappa shape index (κ3) is 20.6. The van der Waals surface area contributed by atoms with Crippen LogP contribution in [0.25, 0.3) is 0 Å². The zero-order valence-electron chi connectivity index (χ0n) is 31.3. The Kier molecular flexibility index (Phi) is 26.3. The quantitative estimate of drug-likeness (QED) is 0.104. The first-order chi connectivity index (χ1) is 22.5. The van der Waals surface area contributed by atoms with E-state index in [0.29, 0.717) is 24.5 Å². The summed E-state index contributed by atoms with van der Waals surface area (Å²) < 4.78 is 5.54. The molecule has 9 nitrogen and oxygen atoms in total. The van der Waals surface area contributed by atoms with Gasteiger partial charge in [-0.1, -0.05) is 98.8 Å². The van der Waals surface area contributed by atoms with Gasteiger partial charge in [0.25, 0.3) is 0 Å². The predicted octanol–water partition coefficient (Wildman–Crippen LogP) is 7.73. The minimum absolute atomic E-state index is 0.0338. The first-order valence-electron chi connectivity index (χ1n) is 18.8. The topological polar surface area (TPSA) is 131 Å². The molecule has 9 heteroatoms. The Morgan fingerprint density at radius 3 is 1.74 bits per heavy atom. The van der Waals surface area contributed by atoms with E-state index in [1.54, 1.807) is 6.92 Å². The van der Waals surface area contributed by atoms with Crippen LogP contribution >= 0.6 is 0 Å². The van der Waals surface area contributed by atoms with Gasteiger partial charge < -0.3 is 20.7 Å². The van der Waals surface area contributed by atoms with E-state index in [0.717, 1.165) is 77.0 Å². The summed E-state index contributed by atoms with van der Waals surface area (Å²) in [6.45, 7) is 11.9. The van der Waals surface area contributed by atoms with Crippen LogP contribution < -0.4 is 16.0 Å². The van der Waals surface area contributed by atoms with Crippen LogP contribution in [-0.2, 0) is 23.9 Å². The molecule has 0 aromatic heterocycles. The lowest BCUT2D eigenvalue weighted by atomic mass is 9.80. The van der Waals surface area contributed by atoms with Crippen molar-refractivity contribution in [1.82, 2.24) is 16.0 Å². The van der Waals surface area contributed by atoms with Crippen molar-refractivity contribution in [2.24, 2.45) is 23.7 Å². The van der Waals surface area contributed by atoms with Gasteiger partial charge in [0, 0.05) is 5.92 Å². The molecule has 274 valence electrons. The van der Waals surface area contributed by atoms with Crippen molar-refractivity contribution >= 4 is 29.9 Å². The number of rotatable bonds is 13. The van der Waals surface area contributed by atoms with Crippen LogP contribution in [0, 0.1) is 23.7 Å². The van der Waals surface area contributed by atoms with Crippen molar-refractivity contribution in [3.05, 3.63) is 0 Å². The summed E-state index contributed by atoms with van der Waals surface area (Å²) in [4.78, 5) is 58.4. The number of hydrogen-bond acceptors (Lipinski definition) is 7. The number of aldehydes is 1. The summed E-state index contributed by atoms with van der Waals surface area (Å²) in [5.74, 6) is 0.591. The van der Waals surface area contributed by atoms with Crippen LogP contribution in [0.1, 0.15) is 157 Å². The average Bonchev–Trinajstić information content (AvgIpc) is 3.30. The van der Waals surface area contributed by atoms with Gasteiger partial charge in [-0.15, -0.1) is 0 Å². The van der Waals surface area contributed by atoms with Gasteiger partial charge in [-0.25, -0.2) is 4.79 Å². The molecule has 47 heavy (non-hydrogen) atoms. The molecule has 3 fully saturated rings. The fraction of sp³-hybridized carbons (Fsp3) is 0.868. The van der Waals surface area contributed by atoms with E-state index in [4.69, 9.17) is 4.74 Å². The first-order valence-corrected chi connectivity index (χ1v) is 18.8. The fourth-order valence-corrected chi connectivity index (χ4v) is 6.27. The van der Waals surface area contributed by atoms with Gasteiger partial charge in [-0.05, 0) is 90.1 Å². The summed E-state index contributed by atoms with van der Waals surface area (Å²) in [6.07, 6.45) is 19.4. The summed E-state index contributed by atoms with van der Waals surface area (Å²) in [5.41, 5.74) is 0. The zero-order valence-corrected chi connectivity index (χ0v) is 31.3. The highest BCUT2D eigenvalue weighted by Crippen LogP contribution is 2.31. The van der Waals surface area contributed by atoms with Crippen molar-refractivity contribution in [1.29, 1.82) is 0 Å². The van der Waals surface area contributed by atoms with Gasteiger partial charge in [0.2, 0.25) is 11.7 Å². The van der Waals surface area contributed by atoms with Crippen molar-refractivity contribution in [3.63, 3.8) is 0 Å². The molecule has 3 unspecified atom stereocenters. The number of carbonyl (C=O) groups is 5. The molecule has 0 heterocycles. The van der Waals surface area contributed by atoms with Gasteiger partial charge in [-0.2, -0.15) is 0 Å². The van der Waals surface area contributed by atoms with E-state index in [1.165, 1.54) is 32.1 Å². The van der Waals surface area contributed by atoms with Crippen LogP contribution in [0.2, 0.25) is 0 Å². The highest BCUT2D eigenvalue weighted by molar-refractivity contribution is 6.27. The van der Waals surface area contributed by atoms with E-state index in [1.807, 2.05) is 21.0 Å². The number of ketones is 2. The second kappa shape index (κ2) is 27.6. The second-order valence-corrected chi connectivity index (χ2v) is 14.1. The lowest BCUT2D eigenvalue weighted by Gasteiger charge is -2.29. The minimum Gasteiger partial charge on any atom is -0.446 e. The van der Waals surface area contributed by atoms with Crippen LogP contribution in [0.5, 0.6) is 0 Å². The Hall–Kier alpha value is -2.29. The lowest BCUT2D eigenvalue weighted by Crippen LogP contribution is -2.46. The summed E-state index contributed by atoms with van der Waals surface area (Å²) in [5, 5.41) is 8.37. The van der Waals surface area contributed by atoms with Crippen molar-refractivity contribution in [3.8, 4) is 0 Å². The summed E-state index contributed by atoms with van der Waals surface area (Å²) >= 11 is 0. The molecule has 0 aliphatic heterocycles. The lowest BCUT2D eigenvalue weighted by molar-refractivity contribution is -0.134. The third-order valence-electron chi connectivity index (χ3n) is 9.38. The maximum atomic E-state index is 12.1. The molecule has 3 aliphatic rings. The van der Waals surface area contributed by atoms with Crippen LogP contribution in [0.3, 0.4) is 0 Å². The van der Waals surface area contributed by atoms with E-state index in [2.05, 4.69) is 43.6 Å². The van der Waals surface area contributed by atoms with E-state index in [-0.39, 0.29) is 35.7 Å². The third-order valence-corrected chi connectivity index (χ3v) is 9.38. The van der Waals surface area contributed by atoms with Crippen LogP contribution in [0.15, 0.2) is 0 Å². The number of ether oxygens (including phenoxy) is 1. The standard InChI is InChI=1S/C17H29NO3.C16H27NO3.C3H8.C2H7N/c1-13(19)16(14-9-5-4-6-10-14)18-17(20)21-15-11-7-2-3-8-12-15;1-4-11(2)8-12(3)16(20)17-14(15(19)10-18)9-13-6-5-7-13;2*1-3-2/h14-16H,2-12H2,1H3,(H,18,20);10-14H,4-9H2,1-3H3,(H,17,20);3H2,1-2H3;3H,1-2H3/t;11-,12?,14?;;/m.0../s1. The molecule has 0 bridgehead atoms. The fourth-order valence-electron chi connectivity index (χ4n) is 6.27. The molecule has 0 saturated heterocycles. The van der Waals surface area contributed by atoms with Gasteiger partial charge in [0.1, 0.15) is 6.10 Å². The molecule has 2 amide bonds. The predicted molar refractivity (Wildman–Crippen MR) is 191 cm³/mol. The van der Waals surface area contributed by atoms with Crippen LogP contribution in [0.4, 0.5) is 4.79 Å². The number of amides is 2. The molecule has 0 radical (unpaired) electrons. The average molecular weight is 666 g/mol. The molecule has 4 atom stereocenters. The Balaban J connectivity index is 0.000000772. The monoisotopic (exact) mass is 666 g/mol. The highest BCUT2D eigenvalue weighted by Gasteiger charge is 2.30. The van der Waals surface area contributed by atoms with Gasteiger partial charge in [0.15, 0.2) is 12.1 Å². The largest absolute Gasteiger partial charge is 0.446 e. The molecule has 3 rings (SSSR count). The molecule has 0 aromatic rings. The summed E-state index contributed by atoms with van der Waals surface area (Å²) in [7, 11) is 3.75. The maximum Gasteiger partial charge on any atom is 0.408 e. The smallest absolute Gasteiger partial charge is 0.408 e. The summed E-state index contributed by atoms with van der Waals surface area (Å²) in [6, 6.07) is -0.978. The maximum absolute atomic E-state index is 12.1. The van der Waals surface area contributed by atoms with Gasteiger partial charge in [0.05, 0.1) is 12.1 Å². The Labute approximate surface area is 287 Å². The van der Waals surface area contributed by atoms with Crippen molar-refractivity contribution in [2.75, 3.05) is 14.1 Å². The molecule has 3 aliphatic carbocycles. The minimum atomic E-state index is -0.621. The molecular formula is C38H71N3O6. The van der Waals surface area contributed by atoms with Crippen LogP contribution in [-0.4, -0.2) is 62.1 Å². The molecule has 0 spiro atoms. The van der Waals surface area contributed by atoms with E-state index < -0.39 is 17.9 Å². The Bertz CT molecular complexity index is 861. The van der Waals surface area contributed by atoms with E-state index in [9.17, 15) is 24.0 Å². The zero-order chi connectivity index (χ0) is 35.6. The number of hydrogen-bond donors (Lipinski definition) is 3. The normalized spacial score (nSPS) is 19.4. The Morgan fingerprint density at radius 2 is 1.30 bits per heavy atom. The number of alkyl carbamates (subject to hydrolysis) is 1. The molecule has 3 saturated carbocycles. The van der Waals surface area contributed by atoms with E-state index >= 15 is 0 Å². The highest BCUT2D eigenvalue weighted by atomic mass is 16.6. The Morgan fingerprint density at radius 1 is 0.787 bits per heavy atom. The SMILES string of the molecule is CC(=O)C(NC(=O)OC1CCCCCC1)C1CCCCC1.CCC.CC[C@H](C)CC(C)C(=O)NC(CC1CCC1)C(=O)C=O.CNC. The molecule has 3 N–H and O–H groups in total.